The largest absolute Gasteiger partial charge is 0.208 e. The Morgan fingerprint density at radius 2 is 0.907 bits per heavy atom. The van der Waals surface area contributed by atoms with Gasteiger partial charge in [-0.3, -0.25) is 0 Å². The highest BCUT2D eigenvalue weighted by molar-refractivity contribution is 7.27. The zero-order valence-corrected chi connectivity index (χ0v) is 30.5. The molecule has 0 unspecified atom stereocenters. The van der Waals surface area contributed by atoms with E-state index in [-0.39, 0.29) is 0 Å². The first-order valence-corrected chi connectivity index (χ1v) is 19.7. The Labute approximate surface area is 319 Å². The molecule has 3 nitrogen and oxygen atoms in total. The van der Waals surface area contributed by atoms with Gasteiger partial charge in [-0.1, -0.05) is 152 Å². The van der Waals surface area contributed by atoms with Gasteiger partial charge in [0.1, 0.15) is 0 Å². The molecule has 0 fully saturated rings. The second-order valence-corrected chi connectivity index (χ2v) is 15.6. The molecule has 11 rings (SSSR count). The molecule has 0 atom stereocenters. The fourth-order valence-electron chi connectivity index (χ4n) is 7.81. The fourth-order valence-corrected chi connectivity index (χ4v) is 10.3. The molecule has 0 spiro atoms. The van der Waals surface area contributed by atoms with Gasteiger partial charge in [0.05, 0.1) is 0 Å². The molecule has 0 saturated heterocycles. The number of fused-ring (bicyclic) bond motifs is 7. The number of thiophene rings is 2. The van der Waals surface area contributed by atoms with Gasteiger partial charge in [0.25, 0.3) is 0 Å². The lowest BCUT2D eigenvalue weighted by Crippen LogP contribution is -2.00. The van der Waals surface area contributed by atoms with Gasteiger partial charge in [-0.15, -0.1) is 22.7 Å². The molecular weight excluding hydrogens is 695 g/mol. The monoisotopic (exact) mass is 723 g/mol. The van der Waals surface area contributed by atoms with Crippen molar-refractivity contribution in [2.45, 2.75) is 0 Å². The van der Waals surface area contributed by atoms with E-state index < -0.39 is 0 Å². The van der Waals surface area contributed by atoms with Crippen molar-refractivity contribution in [3.8, 4) is 56.4 Å². The molecule has 0 aliphatic carbocycles. The van der Waals surface area contributed by atoms with Crippen molar-refractivity contribution < 1.29 is 0 Å². The lowest BCUT2D eigenvalue weighted by Gasteiger charge is -2.12. The molecule has 0 amide bonds. The van der Waals surface area contributed by atoms with E-state index in [1.165, 1.54) is 68.0 Å². The summed E-state index contributed by atoms with van der Waals surface area (Å²) in [5, 5.41) is 7.43. The first-order chi connectivity index (χ1) is 26.8. The number of hydrogen-bond acceptors (Lipinski definition) is 5. The predicted octanol–water partition coefficient (Wildman–Crippen LogP) is 14.1. The van der Waals surface area contributed by atoms with E-state index in [0.29, 0.717) is 17.5 Å². The highest BCUT2D eigenvalue weighted by atomic mass is 32.1. The Hall–Kier alpha value is -6.53. The van der Waals surface area contributed by atoms with Crippen LogP contribution in [0.5, 0.6) is 0 Å². The molecule has 54 heavy (non-hydrogen) atoms. The summed E-state index contributed by atoms with van der Waals surface area (Å²) >= 11 is 3.72. The second kappa shape index (κ2) is 12.6. The van der Waals surface area contributed by atoms with E-state index in [0.717, 1.165) is 22.1 Å². The van der Waals surface area contributed by atoms with Crippen LogP contribution in [0.4, 0.5) is 0 Å². The van der Waals surface area contributed by atoms with Crippen molar-refractivity contribution >= 4 is 73.8 Å². The van der Waals surface area contributed by atoms with Crippen LogP contribution in [-0.2, 0) is 0 Å². The van der Waals surface area contributed by atoms with Crippen LogP contribution in [0, 0.1) is 0 Å². The third kappa shape index (κ3) is 5.05. The van der Waals surface area contributed by atoms with Crippen molar-refractivity contribution in [2.75, 3.05) is 0 Å². The van der Waals surface area contributed by atoms with E-state index in [4.69, 9.17) is 15.0 Å². The van der Waals surface area contributed by atoms with Crippen molar-refractivity contribution in [1.29, 1.82) is 0 Å². The smallest absolute Gasteiger partial charge is 0.164 e. The number of aromatic nitrogens is 3. The first kappa shape index (κ1) is 31.0. The third-order valence-electron chi connectivity index (χ3n) is 10.4. The molecule has 3 heterocycles. The van der Waals surface area contributed by atoms with E-state index in [9.17, 15) is 0 Å². The van der Waals surface area contributed by atoms with Crippen molar-refractivity contribution in [1.82, 2.24) is 15.0 Å². The minimum Gasteiger partial charge on any atom is -0.208 e. The van der Waals surface area contributed by atoms with Gasteiger partial charge in [0, 0.05) is 62.6 Å². The van der Waals surface area contributed by atoms with Gasteiger partial charge in [-0.2, -0.15) is 0 Å². The number of benzene rings is 8. The maximum absolute atomic E-state index is 5.21. The molecule has 11 aromatic rings. The minimum atomic E-state index is 0.655. The Morgan fingerprint density at radius 1 is 0.315 bits per heavy atom. The van der Waals surface area contributed by atoms with Gasteiger partial charge in [-0.25, -0.2) is 15.0 Å². The molecule has 252 valence electrons. The summed E-state index contributed by atoms with van der Waals surface area (Å²) in [7, 11) is 0. The van der Waals surface area contributed by atoms with Gasteiger partial charge in [0.15, 0.2) is 17.5 Å². The maximum Gasteiger partial charge on any atom is 0.164 e. The average molecular weight is 724 g/mol. The van der Waals surface area contributed by atoms with Crippen LogP contribution >= 0.6 is 22.7 Å². The maximum atomic E-state index is 5.21. The summed E-state index contributed by atoms with van der Waals surface area (Å²) in [6, 6.07) is 62.6. The first-order valence-electron chi connectivity index (χ1n) is 18.0. The standard InChI is InChI=1S/C49H29N3S2/c1-3-14-31(15-4-1)47-50-48(32-16-5-2-6-17-32)52-49(51-47)40-27-26-38(36-22-11-18-30-13-7-8-19-34(30)36)46-44(40)39-23-12-21-35(45(39)54-46)33-25-28-43-41(29-33)37-20-9-10-24-42(37)53-43/h1-29H. The minimum absolute atomic E-state index is 0.655. The highest BCUT2D eigenvalue weighted by Crippen LogP contribution is 2.49. The second-order valence-electron chi connectivity index (χ2n) is 13.5. The number of rotatable bonds is 5. The molecule has 0 aliphatic rings. The SMILES string of the molecule is c1ccc(-c2nc(-c3ccccc3)nc(-c3ccc(-c4cccc5ccccc45)c4sc5c(-c6ccc7sc8ccccc8c7c6)cccc5c34)n2)cc1. The molecule has 0 radical (unpaired) electrons. The highest BCUT2D eigenvalue weighted by Gasteiger charge is 2.22. The zero-order chi connectivity index (χ0) is 35.6. The van der Waals surface area contributed by atoms with Gasteiger partial charge < -0.3 is 0 Å². The van der Waals surface area contributed by atoms with E-state index in [1.807, 2.05) is 59.1 Å². The van der Waals surface area contributed by atoms with Crippen molar-refractivity contribution in [3.05, 3.63) is 176 Å². The average Bonchev–Trinajstić information content (AvgIpc) is 3.83. The molecule has 3 aromatic heterocycles. The summed E-state index contributed by atoms with van der Waals surface area (Å²) in [6.07, 6.45) is 0. The fraction of sp³-hybridized carbons (Fsp3) is 0. The van der Waals surface area contributed by atoms with Gasteiger partial charge >= 0.3 is 0 Å². The quantitative estimate of drug-likeness (QED) is 0.177. The molecule has 0 saturated carbocycles. The van der Waals surface area contributed by atoms with Crippen molar-refractivity contribution in [3.63, 3.8) is 0 Å². The van der Waals surface area contributed by atoms with Gasteiger partial charge in [-0.05, 0) is 51.7 Å². The lowest BCUT2D eigenvalue weighted by atomic mass is 9.94. The third-order valence-corrected chi connectivity index (χ3v) is 12.8. The molecule has 5 heteroatoms. The molecule has 0 aliphatic heterocycles. The predicted molar refractivity (Wildman–Crippen MR) is 230 cm³/mol. The normalized spacial score (nSPS) is 11.7. The van der Waals surface area contributed by atoms with Crippen LogP contribution in [0.25, 0.3) is 108 Å². The van der Waals surface area contributed by atoms with E-state index >= 15 is 0 Å². The number of hydrogen-bond donors (Lipinski definition) is 0. The topological polar surface area (TPSA) is 38.7 Å². The van der Waals surface area contributed by atoms with E-state index in [1.54, 1.807) is 0 Å². The Morgan fingerprint density at radius 3 is 1.70 bits per heavy atom. The summed E-state index contributed by atoms with van der Waals surface area (Å²) in [4.78, 5) is 15.4. The molecule has 8 aromatic carbocycles. The molecule has 0 bridgehead atoms. The molecular formula is C49H29N3S2. The Bertz CT molecular complexity index is 3150. The Balaban J connectivity index is 1.22. The summed E-state index contributed by atoms with van der Waals surface area (Å²) in [5.41, 5.74) is 7.77. The summed E-state index contributed by atoms with van der Waals surface area (Å²) in [6.45, 7) is 0. The molecule has 0 N–H and O–H groups in total. The van der Waals surface area contributed by atoms with Crippen LogP contribution < -0.4 is 0 Å². The van der Waals surface area contributed by atoms with E-state index in [2.05, 4.69) is 140 Å². The Kier molecular flexibility index (Phi) is 7.22. The summed E-state index contributed by atoms with van der Waals surface area (Å²) in [5.74, 6) is 1.97. The zero-order valence-electron chi connectivity index (χ0n) is 28.9. The van der Waals surface area contributed by atoms with Crippen LogP contribution in [0.3, 0.4) is 0 Å². The number of nitrogens with zero attached hydrogens (tertiary/aromatic N) is 3. The van der Waals surface area contributed by atoms with Crippen LogP contribution in [0.1, 0.15) is 0 Å². The van der Waals surface area contributed by atoms with Gasteiger partial charge in [0.2, 0.25) is 0 Å². The van der Waals surface area contributed by atoms with Crippen molar-refractivity contribution in [2.24, 2.45) is 0 Å². The van der Waals surface area contributed by atoms with Crippen LogP contribution in [-0.4, -0.2) is 15.0 Å². The lowest BCUT2D eigenvalue weighted by molar-refractivity contribution is 1.08. The van der Waals surface area contributed by atoms with Crippen LogP contribution in [0.15, 0.2) is 176 Å². The van der Waals surface area contributed by atoms with Crippen LogP contribution in [0.2, 0.25) is 0 Å². The summed E-state index contributed by atoms with van der Waals surface area (Å²) < 4.78 is 5.09.